The van der Waals surface area contributed by atoms with E-state index >= 15 is 0 Å². The molecule has 132 valence electrons. The van der Waals surface area contributed by atoms with Crippen molar-refractivity contribution >= 4 is 29.0 Å². The van der Waals surface area contributed by atoms with E-state index < -0.39 is 0 Å². The standard InChI is InChI=1S/C19H22N2O3S/c1-4-21-9-10-25-18-8-5-13(11-15(18)21)19(22)20-14-6-7-16(23-2)17(12-14)24-3/h5-8,11-12H,4,9-10H2,1-3H3,(H,20,22). The zero-order chi connectivity index (χ0) is 17.8. The van der Waals surface area contributed by atoms with E-state index in [0.717, 1.165) is 24.5 Å². The van der Waals surface area contributed by atoms with Gasteiger partial charge in [-0.05, 0) is 37.3 Å². The summed E-state index contributed by atoms with van der Waals surface area (Å²) in [5.74, 6) is 2.16. The maximum absolute atomic E-state index is 12.6. The van der Waals surface area contributed by atoms with E-state index in [1.807, 2.05) is 30.0 Å². The largest absolute Gasteiger partial charge is 0.493 e. The minimum Gasteiger partial charge on any atom is -0.493 e. The Hall–Kier alpha value is -2.34. The molecule has 5 nitrogen and oxygen atoms in total. The first-order chi connectivity index (χ1) is 12.2. The summed E-state index contributed by atoms with van der Waals surface area (Å²) >= 11 is 1.84. The lowest BCUT2D eigenvalue weighted by molar-refractivity contribution is 0.102. The Labute approximate surface area is 152 Å². The van der Waals surface area contributed by atoms with Crippen molar-refractivity contribution in [3.8, 4) is 11.5 Å². The molecule has 0 aliphatic carbocycles. The molecule has 0 saturated heterocycles. The number of ether oxygens (including phenoxy) is 2. The third-order valence-electron chi connectivity index (χ3n) is 4.20. The van der Waals surface area contributed by atoms with Gasteiger partial charge in [-0.15, -0.1) is 11.8 Å². The zero-order valence-electron chi connectivity index (χ0n) is 14.7. The molecule has 1 aliphatic heterocycles. The van der Waals surface area contributed by atoms with Gasteiger partial charge in [0.15, 0.2) is 11.5 Å². The molecule has 1 aliphatic rings. The number of thioether (sulfide) groups is 1. The summed E-state index contributed by atoms with van der Waals surface area (Å²) in [6, 6.07) is 11.2. The third-order valence-corrected chi connectivity index (χ3v) is 5.25. The number of carbonyl (C=O) groups excluding carboxylic acids is 1. The zero-order valence-corrected chi connectivity index (χ0v) is 15.5. The van der Waals surface area contributed by atoms with Gasteiger partial charge < -0.3 is 19.7 Å². The van der Waals surface area contributed by atoms with Gasteiger partial charge in [-0.1, -0.05) is 0 Å². The number of methoxy groups -OCH3 is 2. The van der Waals surface area contributed by atoms with Crippen LogP contribution in [0.3, 0.4) is 0 Å². The topological polar surface area (TPSA) is 50.8 Å². The Morgan fingerprint density at radius 3 is 2.68 bits per heavy atom. The van der Waals surface area contributed by atoms with Crippen molar-refractivity contribution in [3.05, 3.63) is 42.0 Å². The molecule has 1 heterocycles. The monoisotopic (exact) mass is 358 g/mol. The van der Waals surface area contributed by atoms with E-state index in [-0.39, 0.29) is 5.91 Å². The number of benzene rings is 2. The summed E-state index contributed by atoms with van der Waals surface area (Å²) in [6.45, 7) is 4.08. The summed E-state index contributed by atoms with van der Waals surface area (Å²) in [6.07, 6.45) is 0. The average molecular weight is 358 g/mol. The molecule has 0 saturated carbocycles. The fourth-order valence-electron chi connectivity index (χ4n) is 2.86. The molecule has 0 bridgehead atoms. The highest BCUT2D eigenvalue weighted by atomic mass is 32.2. The smallest absolute Gasteiger partial charge is 0.255 e. The number of anilines is 2. The molecule has 0 radical (unpaired) electrons. The van der Waals surface area contributed by atoms with E-state index in [1.165, 1.54) is 4.90 Å². The van der Waals surface area contributed by atoms with Crippen LogP contribution >= 0.6 is 11.8 Å². The van der Waals surface area contributed by atoms with Crippen LogP contribution in [0.15, 0.2) is 41.3 Å². The number of rotatable bonds is 5. The van der Waals surface area contributed by atoms with E-state index in [2.05, 4.69) is 17.1 Å². The number of nitrogens with zero attached hydrogens (tertiary/aromatic N) is 1. The van der Waals surface area contributed by atoms with Crippen molar-refractivity contribution in [3.63, 3.8) is 0 Å². The van der Waals surface area contributed by atoms with E-state index in [0.29, 0.717) is 22.7 Å². The summed E-state index contributed by atoms with van der Waals surface area (Å²) in [4.78, 5) is 16.2. The Kier molecular flexibility index (Phi) is 5.38. The van der Waals surface area contributed by atoms with Gasteiger partial charge in [0.2, 0.25) is 0 Å². The Morgan fingerprint density at radius 2 is 1.96 bits per heavy atom. The molecule has 2 aromatic carbocycles. The molecular formula is C19H22N2O3S. The number of nitrogens with one attached hydrogen (secondary N) is 1. The van der Waals surface area contributed by atoms with Crippen LogP contribution < -0.4 is 19.7 Å². The molecule has 1 N–H and O–H groups in total. The van der Waals surface area contributed by atoms with Crippen LogP contribution in [0.2, 0.25) is 0 Å². The van der Waals surface area contributed by atoms with E-state index in [9.17, 15) is 4.79 Å². The molecule has 25 heavy (non-hydrogen) atoms. The minimum atomic E-state index is -0.137. The fraction of sp³-hybridized carbons (Fsp3) is 0.316. The SMILES string of the molecule is CCN1CCSc2ccc(C(=O)Nc3ccc(OC)c(OC)c3)cc21. The fourth-order valence-corrected chi connectivity index (χ4v) is 3.89. The van der Waals surface area contributed by atoms with Crippen LogP contribution in [0.5, 0.6) is 11.5 Å². The number of amides is 1. The highest BCUT2D eigenvalue weighted by Gasteiger charge is 2.18. The number of hydrogen-bond donors (Lipinski definition) is 1. The van der Waals surface area contributed by atoms with Gasteiger partial charge >= 0.3 is 0 Å². The average Bonchev–Trinajstić information content (AvgIpc) is 2.66. The number of hydrogen-bond acceptors (Lipinski definition) is 5. The first-order valence-electron chi connectivity index (χ1n) is 8.21. The second kappa shape index (κ2) is 7.70. The number of fused-ring (bicyclic) bond motifs is 1. The lowest BCUT2D eigenvalue weighted by Gasteiger charge is -2.30. The maximum atomic E-state index is 12.6. The van der Waals surface area contributed by atoms with Gasteiger partial charge in [0.25, 0.3) is 5.91 Å². The molecular weight excluding hydrogens is 336 g/mol. The van der Waals surface area contributed by atoms with Crippen molar-refractivity contribution in [2.24, 2.45) is 0 Å². The molecule has 3 rings (SSSR count). The Morgan fingerprint density at radius 1 is 1.16 bits per heavy atom. The van der Waals surface area contributed by atoms with Crippen molar-refractivity contribution in [1.29, 1.82) is 0 Å². The minimum absolute atomic E-state index is 0.137. The first kappa shape index (κ1) is 17.5. The van der Waals surface area contributed by atoms with Crippen molar-refractivity contribution < 1.29 is 14.3 Å². The highest BCUT2D eigenvalue weighted by molar-refractivity contribution is 7.99. The Bertz CT molecular complexity index is 779. The number of carbonyl (C=O) groups is 1. The van der Waals surface area contributed by atoms with Crippen LogP contribution in [0.4, 0.5) is 11.4 Å². The molecule has 6 heteroatoms. The summed E-state index contributed by atoms with van der Waals surface area (Å²) < 4.78 is 10.5. The first-order valence-corrected chi connectivity index (χ1v) is 9.20. The molecule has 0 fully saturated rings. The van der Waals surface area contributed by atoms with E-state index in [4.69, 9.17) is 9.47 Å². The quantitative estimate of drug-likeness (QED) is 0.879. The summed E-state index contributed by atoms with van der Waals surface area (Å²) in [5, 5.41) is 2.92. The molecule has 0 unspecified atom stereocenters. The summed E-state index contributed by atoms with van der Waals surface area (Å²) in [7, 11) is 3.16. The molecule has 0 aromatic heterocycles. The van der Waals surface area contributed by atoms with Gasteiger partial charge in [-0.25, -0.2) is 0 Å². The van der Waals surface area contributed by atoms with Gasteiger partial charge in [0, 0.05) is 41.1 Å². The normalized spacial score (nSPS) is 13.2. The maximum Gasteiger partial charge on any atom is 0.255 e. The van der Waals surface area contributed by atoms with Crippen molar-refractivity contribution in [2.45, 2.75) is 11.8 Å². The van der Waals surface area contributed by atoms with Gasteiger partial charge in [0.05, 0.1) is 19.9 Å². The molecule has 0 spiro atoms. The van der Waals surface area contributed by atoms with Gasteiger partial charge in [-0.2, -0.15) is 0 Å². The van der Waals surface area contributed by atoms with Gasteiger partial charge in [0.1, 0.15) is 0 Å². The van der Waals surface area contributed by atoms with Crippen LogP contribution in [0.1, 0.15) is 17.3 Å². The van der Waals surface area contributed by atoms with Crippen LogP contribution in [-0.4, -0.2) is 39.0 Å². The van der Waals surface area contributed by atoms with Crippen LogP contribution in [0.25, 0.3) is 0 Å². The Balaban J connectivity index is 1.82. The lowest BCUT2D eigenvalue weighted by Crippen LogP contribution is -2.29. The lowest BCUT2D eigenvalue weighted by atomic mass is 10.1. The predicted octanol–water partition coefficient (Wildman–Crippen LogP) is 3.89. The molecule has 2 aromatic rings. The second-order valence-corrected chi connectivity index (χ2v) is 6.77. The summed E-state index contributed by atoms with van der Waals surface area (Å²) in [5.41, 5.74) is 2.45. The van der Waals surface area contributed by atoms with Crippen molar-refractivity contribution in [2.75, 3.05) is 43.3 Å². The highest BCUT2D eigenvalue weighted by Crippen LogP contribution is 2.35. The van der Waals surface area contributed by atoms with E-state index in [1.54, 1.807) is 32.4 Å². The third kappa shape index (κ3) is 3.69. The van der Waals surface area contributed by atoms with Gasteiger partial charge in [-0.3, -0.25) is 4.79 Å². The second-order valence-electron chi connectivity index (χ2n) is 5.63. The molecule has 0 atom stereocenters. The van der Waals surface area contributed by atoms with Crippen LogP contribution in [-0.2, 0) is 0 Å². The van der Waals surface area contributed by atoms with Crippen LogP contribution in [0, 0.1) is 0 Å². The predicted molar refractivity (Wildman–Crippen MR) is 103 cm³/mol. The van der Waals surface area contributed by atoms with Crippen molar-refractivity contribution in [1.82, 2.24) is 0 Å². The molecule has 1 amide bonds.